The molecule has 0 aromatic carbocycles. The fraction of sp³-hybridized carbons (Fsp3) is 1.00. The van der Waals surface area contributed by atoms with Crippen molar-refractivity contribution in [3.05, 3.63) is 0 Å². The molecule has 1 fully saturated rings. The standard InChI is InChI=1S/C11H23NO/c1-10(2,3)13-9-11(7-8-12)5-4-6-11/h4-9,12H2,1-3H3. The highest BCUT2D eigenvalue weighted by Crippen LogP contribution is 2.44. The quantitative estimate of drug-likeness (QED) is 0.729. The molecule has 0 unspecified atom stereocenters. The Hall–Kier alpha value is -0.0800. The van der Waals surface area contributed by atoms with Gasteiger partial charge in [-0.15, -0.1) is 0 Å². The van der Waals surface area contributed by atoms with E-state index in [1.54, 1.807) is 0 Å². The van der Waals surface area contributed by atoms with E-state index in [0.29, 0.717) is 5.41 Å². The molecule has 0 saturated heterocycles. The smallest absolute Gasteiger partial charge is 0.0598 e. The maximum absolute atomic E-state index is 5.83. The minimum absolute atomic E-state index is 0.00279. The molecule has 78 valence electrons. The molecule has 1 rings (SSSR count). The third kappa shape index (κ3) is 3.28. The predicted molar refractivity (Wildman–Crippen MR) is 55.7 cm³/mol. The summed E-state index contributed by atoms with van der Waals surface area (Å²) in [5.41, 5.74) is 6.04. The lowest BCUT2D eigenvalue weighted by Crippen LogP contribution is -2.39. The number of hydrogen-bond acceptors (Lipinski definition) is 2. The molecule has 2 nitrogen and oxygen atoms in total. The zero-order valence-electron chi connectivity index (χ0n) is 9.23. The Morgan fingerprint density at radius 3 is 2.23 bits per heavy atom. The van der Waals surface area contributed by atoms with Crippen molar-refractivity contribution < 1.29 is 4.74 Å². The van der Waals surface area contributed by atoms with E-state index < -0.39 is 0 Å². The van der Waals surface area contributed by atoms with Gasteiger partial charge in [0.25, 0.3) is 0 Å². The molecule has 0 aromatic rings. The summed E-state index contributed by atoms with van der Waals surface area (Å²) in [6.07, 6.45) is 5.09. The van der Waals surface area contributed by atoms with Crippen molar-refractivity contribution in [1.29, 1.82) is 0 Å². The molecule has 1 aliphatic carbocycles. The van der Waals surface area contributed by atoms with Gasteiger partial charge in [0.05, 0.1) is 12.2 Å². The summed E-state index contributed by atoms with van der Waals surface area (Å²) in [6, 6.07) is 0. The minimum atomic E-state index is -0.00279. The molecule has 0 spiro atoms. The second-order valence-corrected chi connectivity index (χ2v) is 5.29. The van der Waals surface area contributed by atoms with Gasteiger partial charge in [0.1, 0.15) is 0 Å². The first kappa shape index (κ1) is 11.0. The summed E-state index contributed by atoms with van der Waals surface area (Å²) in [4.78, 5) is 0. The zero-order chi connectivity index (χ0) is 9.95. The fourth-order valence-electron chi connectivity index (χ4n) is 1.82. The van der Waals surface area contributed by atoms with E-state index in [1.807, 2.05) is 0 Å². The van der Waals surface area contributed by atoms with E-state index in [4.69, 9.17) is 10.5 Å². The molecule has 0 bridgehead atoms. The van der Waals surface area contributed by atoms with E-state index in [-0.39, 0.29) is 5.60 Å². The molecular formula is C11H23NO. The Bertz CT molecular complexity index is 156. The average Bonchev–Trinajstić information content (AvgIpc) is 1.92. The highest BCUT2D eigenvalue weighted by molar-refractivity contribution is 4.88. The van der Waals surface area contributed by atoms with Crippen LogP contribution in [0, 0.1) is 5.41 Å². The van der Waals surface area contributed by atoms with Crippen LogP contribution in [0.15, 0.2) is 0 Å². The van der Waals surface area contributed by atoms with Gasteiger partial charge in [-0.2, -0.15) is 0 Å². The third-order valence-electron chi connectivity index (χ3n) is 2.90. The maximum Gasteiger partial charge on any atom is 0.0598 e. The molecule has 13 heavy (non-hydrogen) atoms. The second kappa shape index (κ2) is 3.97. The van der Waals surface area contributed by atoms with Crippen LogP contribution >= 0.6 is 0 Å². The lowest BCUT2D eigenvalue weighted by atomic mass is 9.67. The van der Waals surface area contributed by atoms with Crippen molar-refractivity contribution in [3.63, 3.8) is 0 Å². The van der Waals surface area contributed by atoms with Crippen LogP contribution in [-0.2, 0) is 4.74 Å². The highest BCUT2D eigenvalue weighted by Gasteiger charge is 2.37. The van der Waals surface area contributed by atoms with Crippen molar-refractivity contribution in [3.8, 4) is 0 Å². The number of hydrogen-bond donors (Lipinski definition) is 1. The molecule has 1 saturated carbocycles. The van der Waals surface area contributed by atoms with Crippen LogP contribution in [0.5, 0.6) is 0 Å². The second-order valence-electron chi connectivity index (χ2n) is 5.29. The van der Waals surface area contributed by atoms with E-state index >= 15 is 0 Å². The van der Waals surface area contributed by atoms with Crippen LogP contribution in [0.4, 0.5) is 0 Å². The highest BCUT2D eigenvalue weighted by atomic mass is 16.5. The molecular weight excluding hydrogens is 162 g/mol. The first-order chi connectivity index (χ1) is 5.97. The number of nitrogens with two attached hydrogens (primary N) is 1. The van der Waals surface area contributed by atoms with Crippen LogP contribution in [0.25, 0.3) is 0 Å². The van der Waals surface area contributed by atoms with Crippen molar-refractivity contribution >= 4 is 0 Å². The van der Waals surface area contributed by atoms with Crippen molar-refractivity contribution in [2.24, 2.45) is 11.1 Å². The van der Waals surface area contributed by atoms with Gasteiger partial charge in [-0.3, -0.25) is 0 Å². The summed E-state index contributed by atoms with van der Waals surface area (Å²) < 4.78 is 5.83. The normalized spacial score (nSPS) is 21.2. The summed E-state index contributed by atoms with van der Waals surface area (Å²) in [5.74, 6) is 0. The van der Waals surface area contributed by atoms with Gasteiger partial charge in [-0.05, 0) is 52.0 Å². The monoisotopic (exact) mass is 185 g/mol. The molecule has 0 radical (unpaired) electrons. The topological polar surface area (TPSA) is 35.2 Å². The van der Waals surface area contributed by atoms with Gasteiger partial charge in [0.15, 0.2) is 0 Å². The van der Waals surface area contributed by atoms with Crippen LogP contribution in [0.2, 0.25) is 0 Å². The number of rotatable bonds is 4. The van der Waals surface area contributed by atoms with Gasteiger partial charge < -0.3 is 10.5 Å². The molecule has 1 aliphatic rings. The Kier molecular flexibility index (Phi) is 3.36. The third-order valence-corrected chi connectivity index (χ3v) is 2.90. The van der Waals surface area contributed by atoms with Gasteiger partial charge in [0, 0.05) is 0 Å². The van der Waals surface area contributed by atoms with Gasteiger partial charge in [0.2, 0.25) is 0 Å². The first-order valence-corrected chi connectivity index (χ1v) is 5.32. The summed E-state index contributed by atoms with van der Waals surface area (Å²) in [5, 5.41) is 0. The van der Waals surface area contributed by atoms with Gasteiger partial charge in [-0.1, -0.05) is 6.42 Å². The summed E-state index contributed by atoms with van der Waals surface area (Å²) in [7, 11) is 0. The average molecular weight is 185 g/mol. The van der Waals surface area contributed by atoms with Gasteiger partial charge in [-0.25, -0.2) is 0 Å². The largest absolute Gasteiger partial charge is 0.375 e. The zero-order valence-corrected chi connectivity index (χ0v) is 9.23. The van der Waals surface area contributed by atoms with Crippen molar-refractivity contribution in [1.82, 2.24) is 0 Å². The summed E-state index contributed by atoms with van der Waals surface area (Å²) >= 11 is 0. The molecule has 0 heterocycles. The van der Waals surface area contributed by atoms with E-state index in [9.17, 15) is 0 Å². The fourth-order valence-corrected chi connectivity index (χ4v) is 1.82. The molecule has 0 aromatic heterocycles. The van der Waals surface area contributed by atoms with E-state index in [2.05, 4.69) is 20.8 Å². The Morgan fingerprint density at radius 1 is 1.31 bits per heavy atom. The molecule has 2 N–H and O–H groups in total. The van der Waals surface area contributed by atoms with E-state index in [0.717, 1.165) is 19.6 Å². The predicted octanol–water partition coefficient (Wildman–Crippen LogP) is 2.32. The van der Waals surface area contributed by atoms with Crippen LogP contribution in [0.1, 0.15) is 46.5 Å². The lowest BCUT2D eigenvalue weighted by Gasteiger charge is -2.43. The SMILES string of the molecule is CC(C)(C)OCC1(CCN)CCC1. The van der Waals surface area contributed by atoms with Crippen molar-refractivity contribution in [2.75, 3.05) is 13.2 Å². The van der Waals surface area contributed by atoms with Gasteiger partial charge >= 0.3 is 0 Å². The molecule has 0 atom stereocenters. The Morgan fingerprint density at radius 2 is 1.92 bits per heavy atom. The van der Waals surface area contributed by atoms with Crippen LogP contribution in [0.3, 0.4) is 0 Å². The molecule has 0 amide bonds. The molecule has 2 heteroatoms. The minimum Gasteiger partial charge on any atom is -0.375 e. The first-order valence-electron chi connectivity index (χ1n) is 5.32. The van der Waals surface area contributed by atoms with Crippen molar-refractivity contribution in [2.45, 2.75) is 52.1 Å². The van der Waals surface area contributed by atoms with E-state index in [1.165, 1.54) is 19.3 Å². The lowest BCUT2D eigenvalue weighted by molar-refractivity contribution is -0.0805. The van der Waals surface area contributed by atoms with Crippen LogP contribution < -0.4 is 5.73 Å². The number of ether oxygens (including phenoxy) is 1. The Balaban J connectivity index is 2.32. The summed E-state index contributed by atoms with van der Waals surface area (Å²) in [6.45, 7) is 8.03. The van der Waals surface area contributed by atoms with Crippen LogP contribution in [-0.4, -0.2) is 18.8 Å². The maximum atomic E-state index is 5.83. The Labute approximate surface area is 81.8 Å². The molecule has 0 aliphatic heterocycles.